The molecule has 5 aromatic carbocycles. The summed E-state index contributed by atoms with van der Waals surface area (Å²) in [5.41, 5.74) is 4.90. The van der Waals surface area contributed by atoms with Crippen LogP contribution < -0.4 is 0 Å². The average molecular weight is 625 g/mol. The molecule has 0 bridgehead atoms. The van der Waals surface area contributed by atoms with E-state index in [-0.39, 0.29) is 16.1 Å². The van der Waals surface area contributed by atoms with E-state index in [1.54, 1.807) is 48.5 Å². The minimum absolute atomic E-state index is 0.0571. The first-order valence-corrected chi connectivity index (χ1v) is 14.4. The van der Waals surface area contributed by atoms with Gasteiger partial charge < -0.3 is 5.11 Å². The molecule has 0 spiro atoms. The van der Waals surface area contributed by atoms with Crippen LogP contribution in [0.5, 0.6) is 0 Å². The largest absolute Gasteiger partial charge is 0.478 e. The van der Waals surface area contributed by atoms with Crippen LogP contribution in [0.25, 0.3) is 44.4 Å². The third kappa shape index (κ3) is 5.44. The topological polar surface area (TPSA) is 66.0 Å². The number of nitrogens with zero attached hydrogens (tertiary/aromatic N) is 2. The van der Waals surface area contributed by atoms with E-state index in [9.17, 15) is 28.3 Å². The molecule has 1 heterocycles. The predicted molar refractivity (Wildman–Crippen MR) is 168 cm³/mol. The number of hydrogen-bond donors (Lipinski definition) is 1. The minimum atomic E-state index is -2.60. The van der Waals surface area contributed by atoms with Crippen molar-refractivity contribution in [2.45, 2.75) is 11.3 Å². The van der Waals surface area contributed by atoms with Gasteiger partial charge in [0.15, 0.2) is 0 Å². The quantitative estimate of drug-likeness (QED) is 0.192. The fourth-order valence-corrected chi connectivity index (χ4v) is 6.46. The van der Waals surface area contributed by atoms with Crippen molar-refractivity contribution in [3.05, 3.63) is 137 Å². The smallest absolute Gasteiger partial charge is 0.335 e. The Labute approximate surface area is 259 Å². The normalized spacial score (nSPS) is 11.2. The standard InChI is InChI=1S/C35H20ClF3N2O2S/c36-30-17-23(35(42)43)10-14-27(30)21-5-3-6-22(16-21)33-32(28-7-2-1-4-24(28)19-40)29-18-25(37)11-15-31(29)41(33)44-26-12-8-20(9-13-26)34(38)39/h1-18,34H,(H,42,43). The van der Waals surface area contributed by atoms with Crippen LogP contribution in [0.1, 0.15) is 27.9 Å². The van der Waals surface area contributed by atoms with Gasteiger partial charge in [-0.05, 0) is 72.1 Å². The molecule has 0 radical (unpaired) electrons. The third-order valence-corrected chi connectivity index (χ3v) is 8.55. The highest BCUT2D eigenvalue weighted by atomic mass is 35.5. The Morgan fingerprint density at radius 1 is 0.864 bits per heavy atom. The van der Waals surface area contributed by atoms with E-state index in [0.29, 0.717) is 54.9 Å². The molecule has 0 saturated heterocycles. The van der Waals surface area contributed by atoms with Gasteiger partial charge >= 0.3 is 5.97 Å². The molecule has 0 unspecified atom stereocenters. The number of rotatable bonds is 7. The molecule has 9 heteroatoms. The van der Waals surface area contributed by atoms with Crippen LogP contribution in [0.15, 0.2) is 114 Å². The first-order valence-electron chi connectivity index (χ1n) is 13.3. The molecular formula is C35H20ClF3N2O2S. The van der Waals surface area contributed by atoms with Crippen molar-refractivity contribution >= 4 is 40.4 Å². The lowest BCUT2D eigenvalue weighted by Crippen LogP contribution is -1.96. The van der Waals surface area contributed by atoms with E-state index in [2.05, 4.69) is 6.07 Å². The van der Waals surface area contributed by atoms with Crippen molar-refractivity contribution in [1.29, 1.82) is 5.26 Å². The number of fused-ring (bicyclic) bond motifs is 1. The lowest BCUT2D eigenvalue weighted by atomic mass is 9.93. The van der Waals surface area contributed by atoms with Crippen LogP contribution in [-0.4, -0.2) is 15.0 Å². The van der Waals surface area contributed by atoms with E-state index >= 15 is 0 Å². The second kappa shape index (κ2) is 12.0. The number of aromatic nitrogens is 1. The summed E-state index contributed by atoms with van der Waals surface area (Å²) in [6.07, 6.45) is -2.60. The van der Waals surface area contributed by atoms with Crippen LogP contribution in [0, 0.1) is 17.1 Å². The monoisotopic (exact) mass is 624 g/mol. The van der Waals surface area contributed by atoms with Gasteiger partial charge in [0, 0.05) is 43.1 Å². The van der Waals surface area contributed by atoms with Crippen LogP contribution in [0.4, 0.5) is 13.2 Å². The fourth-order valence-electron chi connectivity index (χ4n) is 5.16. The molecule has 6 aromatic rings. The number of carboxylic acid groups (broad SMARTS) is 1. The number of halogens is 4. The number of nitriles is 1. The van der Waals surface area contributed by atoms with E-state index in [1.807, 2.05) is 28.2 Å². The zero-order valence-electron chi connectivity index (χ0n) is 22.6. The van der Waals surface area contributed by atoms with E-state index in [4.69, 9.17) is 11.6 Å². The molecule has 44 heavy (non-hydrogen) atoms. The van der Waals surface area contributed by atoms with Gasteiger partial charge in [-0.3, -0.25) is 3.97 Å². The summed E-state index contributed by atoms with van der Waals surface area (Å²) in [6, 6.07) is 31.6. The zero-order valence-corrected chi connectivity index (χ0v) is 24.2. The summed E-state index contributed by atoms with van der Waals surface area (Å²) in [7, 11) is 0. The summed E-state index contributed by atoms with van der Waals surface area (Å²) in [5, 5.41) is 20.2. The van der Waals surface area contributed by atoms with E-state index in [0.717, 1.165) is 0 Å². The van der Waals surface area contributed by atoms with Crippen molar-refractivity contribution < 1.29 is 23.1 Å². The molecular weight excluding hydrogens is 605 g/mol. The molecule has 1 aromatic heterocycles. The highest BCUT2D eigenvalue weighted by molar-refractivity contribution is 7.98. The van der Waals surface area contributed by atoms with Gasteiger partial charge in [0.25, 0.3) is 6.43 Å². The van der Waals surface area contributed by atoms with E-state index in [1.165, 1.54) is 48.3 Å². The van der Waals surface area contributed by atoms with Crippen molar-refractivity contribution in [2.75, 3.05) is 0 Å². The van der Waals surface area contributed by atoms with Gasteiger partial charge in [-0.2, -0.15) is 5.26 Å². The summed E-state index contributed by atoms with van der Waals surface area (Å²) >= 11 is 7.80. The Kier molecular flexibility index (Phi) is 7.92. The zero-order chi connectivity index (χ0) is 31.0. The molecule has 0 fully saturated rings. The molecule has 0 aliphatic carbocycles. The molecule has 0 saturated carbocycles. The maximum atomic E-state index is 14.8. The van der Waals surface area contributed by atoms with Crippen molar-refractivity contribution in [1.82, 2.24) is 3.97 Å². The minimum Gasteiger partial charge on any atom is -0.478 e. The van der Waals surface area contributed by atoms with Gasteiger partial charge in [-0.25, -0.2) is 18.0 Å². The number of hydrogen-bond acceptors (Lipinski definition) is 3. The van der Waals surface area contributed by atoms with Gasteiger partial charge in [0.05, 0.1) is 28.4 Å². The Morgan fingerprint density at radius 2 is 1.61 bits per heavy atom. The van der Waals surface area contributed by atoms with Gasteiger partial charge in [-0.1, -0.05) is 66.2 Å². The summed E-state index contributed by atoms with van der Waals surface area (Å²) in [6.45, 7) is 0. The summed E-state index contributed by atoms with van der Waals surface area (Å²) in [4.78, 5) is 12.1. The third-order valence-electron chi connectivity index (χ3n) is 7.20. The number of carboxylic acids is 1. The number of alkyl halides is 2. The maximum absolute atomic E-state index is 14.8. The Hall–Kier alpha value is -4.97. The molecule has 1 N–H and O–H groups in total. The van der Waals surface area contributed by atoms with Crippen LogP contribution >= 0.6 is 23.5 Å². The number of aromatic carboxylic acids is 1. The maximum Gasteiger partial charge on any atom is 0.335 e. The average Bonchev–Trinajstić information content (AvgIpc) is 3.33. The Morgan fingerprint density at radius 3 is 2.32 bits per heavy atom. The van der Waals surface area contributed by atoms with Gasteiger partial charge in [0.1, 0.15) is 5.82 Å². The molecule has 4 nitrogen and oxygen atoms in total. The lowest BCUT2D eigenvalue weighted by Gasteiger charge is -2.15. The first-order chi connectivity index (χ1) is 21.2. The van der Waals surface area contributed by atoms with Crippen molar-refractivity contribution in [3.8, 4) is 39.6 Å². The van der Waals surface area contributed by atoms with Crippen LogP contribution in [0.2, 0.25) is 5.02 Å². The molecule has 6 rings (SSSR count). The predicted octanol–water partition coefficient (Wildman–Crippen LogP) is 10.5. The summed E-state index contributed by atoms with van der Waals surface area (Å²) in [5.74, 6) is -1.55. The number of carbonyl (C=O) groups is 1. The molecule has 216 valence electrons. The van der Waals surface area contributed by atoms with Crippen LogP contribution in [-0.2, 0) is 0 Å². The van der Waals surface area contributed by atoms with Crippen molar-refractivity contribution in [3.63, 3.8) is 0 Å². The highest BCUT2D eigenvalue weighted by Gasteiger charge is 2.24. The van der Waals surface area contributed by atoms with Crippen LogP contribution in [0.3, 0.4) is 0 Å². The van der Waals surface area contributed by atoms with Gasteiger partial charge in [-0.15, -0.1) is 0 Å². The molecule has 0 amide bonds. The second-order valence-corrected chi connectivity index (χ2v) is 11.3. The second-order valence-electron chi connectivity index (χ2n) is 9.88. The van der Waals surface area contributed by atoms with Gasteiger partial charge in [0.2, 0.25) is 0 Å². The van der Waals surface area contributed by atoms with Crippen molar-refractivity contribution in [2.24, 2.45) is 0 Å². The SMILES string of the molecule is N#Cc1ccccc1-c1c(-c2cccc(-c3ccc(C(=O)O)cc3Cl)c2)n(Sc2ccc(C(F)F)cc2)c2ccc(F)cc12. The highest BCUT2D eigenvalue weighted by Crippen LogP contribution is 2.46. The first kappa shape index (κ1) is 29.1. The molecule has 0 atom stereocenters. The lowest BCUT2D eigenvalue weighted by molar-refractivity contribution is 0.0697. The Balaban J connectivity index is 1.63. The Bertz CT molecular complexity index is 2100. The molecule has 0 aliphatic rings. The van der Waals surface area contributed by atoms with E-state index < -0.39 is 18.2 Å². The summed E-state index contributed by atoms with van der Waals surface area (Å²) < 4.78 is 43.3. The number of benzene rings is 5. The molecule has 0 aliphatic heterocycles. The fraction of sp³-hybridized carbons (Fsp3) is 0.0286.